The molecule has 0 heterocycles. The second-order valence-corrected chi connectivity index (χ2v) is 23.4. The standard InChI is InChI=1S/C75H132O6/c1-4-7-10-13-16-19-22-24-26-28-29-30-31-32-33-34-35-36-37-38-39-40-41-42-43-44-45-47-48-50-53-56-59-62-65-68-74(77)80-71-72(70-79-73(76)67-64-61-58-55-52-21-18-15-12-9-6-3)81-75(78)69-66-63-60-57-54-51-49-46-27-25-23-20-17-14-11-8-5-2/h8,11,17,20,22,24-25,27-29,49,51,57,60,72H,4-7,9-10,12-16,18-19,21,23,26,30-48,50,52-56,58-59,61-71H2,1-3H3/b11-8-,20-17-,24-22-,27-25-,29-28-,51-49-,60-57-. The molecule has 0 bridgehead atoms. The Balaban J connectivity index is 4.10. The van der Waals surface area contributed by atoms with E-state index in [1.165, 1.54) is 225 Å². The van der Waals surface area contributed by atoms with Gasteiger partial charge < -0.3 is 14.2 Å². The number of allylic oxidation sites excluding steroid dienone is 14. The summed E-state index contributed by atoms with van der Waals surface area (Å²) in [6.07, 6.45) is 92.2. The van der Waals surface area contributed by atoms with Crippen LogP contribution < -0.4 is 0 Å². The summed E-state index contributed by atoms with van der Waals surface area (Å²) in [7, 11) is 0. The maximum absolute atomic E-state index is 12.9. The first kappa shape index (κ1) is 77.6. The molecule has 0 rings (SSSR count). The summed E-state index contributed by atoms with van der Waals surface area (Å²) in [6.45, 7) is 6.50. The second-order valence-electron chi connectivity index (χ2n) is 23.4. The lowest BCUT2D eigenvalue weighted by Gasteiger charge is -2.18. The zero-order valence-corrected chi connectivity index (χ0v) is 53.8. The number of hydrogen-bond donors (Lipinski definition) is 0. The fraction of sp³-hybridized carbons (Fsp3) is 0.773. The quantitative estimate of drug-likeness (QED) is 0.0261. The van der Waals surface area contributed by atoms with E-state index >= 15 is 0 Å². The number of rotatable bonds is 64. The number of carbonyl (C=O) groups excluding carboxylic acids is 3. The van der Waals surface area contributed by atoms with Crippen molar-refractivity contribution in [2.75, 3.05) is 13.2 Å². The maximum atomic E-state index is 12.9. The number of unbranched alkanes of at least 4 members (excludes halogenated alkanes) is 39. The third-order valence-electron chi connectivity index (χ3n) is 15.4. The Morgan fingerprint density at radius 2 is 0.494 bits per heavy atom. The molecule has 0 spiro atoms. The van der Waals surface area contributed by atoms with Crippen LogP contribution in [0.1, 0.15) is 355 Å². The van der Waals surface area contributed by atoms with Crippen LogP contribution in [-0.2, 0) is 28.6 Å². The molecule has 0 aromatic carbocycles. The van der Waals surface area contributed by atoms with Crippen LogP contribution in [0, 0.1) is 0 Å². The van der Waals surface area contributed by atoms with Gasteiger partial charge in [-0.25, -0.2) is 0 Å². The minimum atomic E-state index is -0.803. The largest absolute Gasteiger partial charge is 0.462 e. The first-order valence-corrected chi connectivity index (χ1v) is 35.1. The predicted molar refractivity (Wildman–Crippen MR) is 353 cm³/mol. The summed E-state index contributed by atoms with van der Waals surface area (Å²) >= 11 is 0. The molecule has 0 saturated heterocycles. The van der Waals surface area contributed by atoms with Crippen molar-refractivity contribution in [3.63, 3.8) is 0 Å². The van der Waals surface area contributed by atoms with E-state index in [4.69, 9.17) is 14.2 Å². The lowest BCUT2D eigenvalue weighted by atomic mass is 10.0. The van der Waals surface area contributed by atoms with Gasteiger partial charge in [0.15, 0.2) is 6.10 Å². The van der Waals surface area contributed by atoms with Crippen molar-refractivity contribution >= 4 is 17.9 Å². The molecule has 0 aromatic rings. The van der Waals surface area contributed by atoms with Gasteiger partial charge in [0.1, 0.15) is 13.2 Å². The summed E-state index contributed by atoms with van der Waals surface area (Å²) < 4.78 is 16.9. The van der Waals surface area contributed by atoms with Crippen LogP contribution in [0.3, 0.4) is 0 Å². The smallest absolute Gasteiger partial charge is 0.306 e. The minimum absolute atomic E-state index is 0.0946. The Morgan fingerprint density at radius 1 is 0.259 bits per heavy atom. The highest BCUT2D eigenvalue weighted by Crippen LogP contribution is 2.18. The van der Waals surface area contributed by atoms with Gasteiger partial charge in [-0.15, -0.1) is 0 Å². The first-order chi connectivity index (χ1) is 40.0. The zero-order chi connectivity index (χ0) is 58.5. The van der Waals surface area contributed by atoms with Crippen molar-refractivity contribution in [1.29, 1.82) is 0 Å². The van der Waals surface area contributed by atoms with Gasteiger partial charge in [-0.05, 0) is 89.9 Å². The Bertz CT molecular complexity index is 1530. The molecule has 0 amide bonds. The molecule has 0 aliphatic heterocycles. The van der Waals surface area contributed by atoms with E-state index in [0.717, 1.165) is 83.5 Å². The molecule has 0 radical (unpaired) electrons. The van der Waals surface area contributed by atoms with Gasteiger partial charge >= 0.3 is 17.9 Å². The summed E-state index contributed by atoms with van der Waals surface area (Å²) in [6, 6.07) is 0. The van der Waals surface area contributed by atoms with Gasteiger partial charge in [0.25, 0.3) is 0 Å². The number of ether oxygens (including phenoxy) is 3. The van der Waals surface area contributed by atoms with Gasteiger partial charge in [0.2, 0.25) is 0 Å². The number of esters is 3. The molecule has 0 N–H and O–H groups in total. The highest BCUT2D eigenvalue weighted by atomic mass is 16.6. The van der Waals surface area contributed by atoms with Crippen molar-refractivity contribution in [2.24, 2.45) is 0 Å². The highest BCUT2D eigenvalue weighted by molar-refractivity contribution is 5.71. The lowest BCUT2D eigenvalue weighted by molar-refractivity contribution is -0.167. The summed E-state index contributed by atoms with van der Waals surface area (Å²) in [5.74, 6) is -0.938. The summed E-state index contributed by atoms with van der Waals surface area (Å²) in [4.78, 5) is 38.2. The predicted octanol–water partition coefficient (Wildman–Crippen LogP) is 24.2. The van der Waals surface area contributed by atoms with Crippen molar-refractivity contribution in [3.05, 3.63) is 85.1 Å². The molecule has 0 aliphatic rings. The summed E-state index contributed by atoms with van der Waals surface area (Å²) in [5.41, 5.74) is 0. The fourth-order valence-electron chi connectivity index (χ4n) is 10.2. The zero-order valence-electron chi connectivity index (χ0n) is 53.8. The van der Waals surface area contributed by atoms with Crippen LogP contribution in [0.4, 0.5) is 0 Å². The van der Waals surface area contributed by atoms with Crippen molar-refractivity contribution in [3.8, 4) is 0 Å². The lowest BCUT2D eigenvalue weighted by Crippen LogP contribution is -2.30. The van der Waals surface area contributed by atoms with E-state index in [2.05, 4.69) is 106 Å². The molecular formula is C75H132O6. The monoisotopic (exact) mass is 1130 g/mol. The normalized spacial score (nSPS) is 12.6. The van der Waals surface area contributed by atoms with Crippen LogP contribution in [0.15, 0.2) is 85.1 Å². The van der Waals surface area contributed by atoms with E-state index in [0.29, 0.717) is 19.3 Å². The molecule has 0 aromatic heterocycles. The van der Waals surface area contributed by atoms with Crippen LogP contribution in [0.5, 0.6) is 0 Å². The van der Waals surface area contributed by atoms with Gasteiger partial charge in [-0.1, -0.05) is 331 Å². The van der Waals surface area contributed by atoms with Gasteiger partial charge in [-0.2, -0.15) is 0 Å². The Labute approximate surface area is 503 Å². The van der Waals surface area contributed by atoms with Crippen LogP contribution in [0.25, 0.3) is 0 Å². The van der Waals surface area contributed by atoms with Crippen LogP contribution in [-0.4, -0.2) is 37.2 Å². The molecule has 0 fully saturated rings. The van der Waals surface area contributed by atoms with Crippen molar-refractivity contribution in [1.82, 2.24) is 0 Å². The van der Waals surface area contributed by atoms with E-state index in [1.807, 2.05) is 0 Å². The molecule has 6 nitrogen and oxygen atoms in total. The minimum Gasteiger partial charge on any atom is -0.462 e. The van der Waals surface area contributed by atoms with Gasteiger partial charge in [0, 0.05) is 19.3 Å². The average molecular weight is 1130 g/mol. The highest BCUT2D eigenvalue weighted by Gasteiger charge is 2.19. The van der Waals surface area contributed by atoms with E-state index in [9.17, 15) is 14.4 Å². The third kappa shape index (κ3) is 67.3. The van der Waals surface area contributed by atoms with E-state index in [1.54, 1.807) is 0 Å². The van der Waals surface area contributed by atoms with E-state index in [-0.39, 0.29) is 37.5 Å². The Morgan fingerprint density at radius 3 is 0.790 bits per heavy atom. The van der Waals surface area contributed by atoms with Crippen molar-refractivity contribution in [2.45, 2.75) is 361 Å². The molecule has 81 heavy (non-hydrogen) atoms. The fourth-order valence-corrected chi connectivity index (χ4v) is 10.2. The third-order valence-corrected chi connectivity index (χ3v) is 15.4. The van der Waals surface area contributed by atoms with E-state index < -0.39 is 6.10 Å². The average Bonchev–Trinajstić information content (AvgIpc) is 3.47. The molecule has 1 atom stereocenters. The van der Waals surface area contributed by atoms with Gasteiger partial charge in [-0.3, -0.25) is 14.4 Å². The number of hydrogen-bond acceptors (Lipinski definition) is 6. The SMILES string of the molecule is CC/C=C\C/C=C\C/C=C\C/C=C\C/C=C\CCCC(=O)OC(COC(=O)CCCCCCCCCCCCC)COC(=O)CCCCCCCCCCCCCCCCCCCCCCCCC/C=C\C/C=C\CCCCCCC. The van der Waals surface area contributed by atoms with Gasteiger partial charge in [0.05, 0.1) is 0 Å². The maximum Gasteiger partial charge on any atom is 0.306 e. The Hall–Kier alpha value is -3.41. The van der Waals surface area contributed by atoms with Crippen LogP contribution >= 0.6 is 0 Å². The second kappa shape index (κ2) is 69.1. The summed E-state index contributed by atoms with van der Waals surface area (Å²) in [5, 5.41) is 0. The van der Waals surface area contributed by atoms with Crippen molar-refractivity contribution < 1.29 is 28.6 Å². The molecular weight excluding hydrogens is 997 g/mol. The first-order valence-electron chi connectivity index (χ1n) is 35.1. The topological polar surface area (TPSA) is 78.9 Å². The van der Waals surface area contributed by atoms with Crippen LogP contribution in [0.2, 0.25) is 0 Å². The Kier molecular flexibility index (Phi) is 66.2. The molecule has 6 heteroatoms. The molecule has 0 saturated carbocycles. The molecule has 0 aliphatic carbocycles. The number of carbonyl (C=O) groups is 3. The molecule has 468 valence electrons. The molecule has 1 unspecified atom stereocenters.